The van der Waals surface area contributed by atoms with Gasteiger partial charge in [0.2, 0.25) is 12.0 Å². The molecule has 6 aliphatic rings. The van der Waals surface area contributed by atoms with Gasteiger partial charge < -0.3 is 39.0 Å². The summed E-state index contributed by atoms with van der Waals surface area (Å²) in [7, 11) is -0.577. The van der Waals surface area contributed by atoms with Crippen molar-refractivity contribution in [2.45, 2.75) is 99.5 Å². The van der Waals surface area contributed by atoms with Crippen molar-refractivity contribution in [3.63, 3.8) is 0 Å². The van der Waals surface area contributed by atoms with Gasteiger partial charge in [-0.25, -0.2) is 4.79 Å². The van der Waals surface area contributed by atoms with E-state index in [2.05, 4.69) is 20.9 Å². The van der Waals surface area contributed by atoms with Crippen LogP contribution in [0.2, 0.25) is 0 Å². The molecule has 1 aromatic heterocycles. The maximum atomic E-state index is 15.3. The minimum atomic E-state index is -4.67. The zero-order valence-electron chi connectivity index (χ0n) is 37.4. The Balaban J connectivity index is 0.00000109. The topological polar surface area (TPSA) is 246 Å². The van der Waals surface area contributed by atoms with Crippen molar-refractivity contribution in [3.8, 4) is 5.75 Å². The molecule has 1 aliphatic carbocycles. The average molecular weight is 923 g/mol. The molecule has 3 unspecified atom stereocenters. The van der Waals surface area contributed by atoms with Gasteiger partial charge in [-0.05, 0) is 74.2 Å². The van der Waals surface area contributed by atoms with E-state index in [1.807, 2.05) is 50.3 Å². The fraction of sp³-hybridized carbons (Fsp3) is 0.565. The lowest BCUT2D eigenvalue weighted by atomic mass is 9.47. The standard InChI is InChI=1S/C46H56N4O10.H2O4S/c1-7-42(55)22-28-23-45(40(53)58-5,36-30(14-18-48(24-28)25-42)29-12-9-10-13-33(29)47-36)32-20-31-34(21-35(32)57-4)50(26-51)38-44(31)16-19-49-17-11-15-43(8-2,37(44)49)39(60-27(3)52)46(38,56)41(54)59-6;1-5(2,3)4/h9-13,15,20-21,26,28,37-39,47,55-56H,7-8,14,16-19,22-25H2,1-6H3;(H2,1,2,3,4)/t28-,37?,38-,39?,42+,43-,44-,45+,46+;/m1./s1. The fourth-order valence-electron chi connectivity index (χ4n) is 13.4. The van der Waals surface area contributed by atoms with Gasteiger partial charge in [0.1, 0.15) is 11.2 Å². The van der Waals surface area contributed by atoms with E-state index in [0.717, 1.165) is 16.5 Å². The van der Waals surface area contributed by atoms with Crippen molar-refractivity contribution in [1.29, 1.82) is 0 Å². The van der Waals surface area contributed by atoms with Crippen LogP contribution in [0.5, 0.6) is 5.75 Å². The van der Waals surface area contributed by atoms with Crippen molar-refractivity contribution in [2.75, 3.05) is 59.0 Å². The van der Waals surface area contributed by atoms with Crippen LogP contribution < -0.4 is 9.64 Å². The molecule has 2 bridgehead atoms. The second kappa shape index (κ2) is 16.5. The van der Waals surface area contributed by atoms with Crippen molar-refractivity contribution in [3.05, 3.63) is 70.9 Å². The van der Waals surface area contributed by atoms with Gasteiger partial charge >= 0.3 is 28.3 Å². The quantitative estimate of drug-likeness (QED) is 0.0717. The number of esters is 3. The van der Waals surface area contributed by atoms with Gasteiger partial charge in [0.15, 0.2) is 6.10 Å². The Morgan fingerprint density at radius 2 is 1.66 bits per heavy atom. The first-order chi connectivity index (χ1) is 30.8. The van der Waals surface area contributed by atoms with Crippen molar-refractivity contribution >= 4 is 51.3 Å². The summed E-state index contributed by atoms with van der Waals surface area (Å²) in [6, 6.07) is 9.97. The lowest BCUT2D eigenvalue weighted by Gasteiger charge is -2.63. The summed E-state index contributed by atoms with van der Waals surface area (Å²) in [5.41, 5.74) is -3.15. The third kappa shape index (κ3) is 6.90. The number of benzene rings is 2. The Morgan fingerprint density at radius 3 is 2.29 bits per heavy atom. The number of nitrogens with zero attached hydrogens (tertiary/aromatic N) is 3. The Labute approximate surface area is 377 Å². The van der Waals surface area contributed by atoms with E-state index in [0.29, 0.717) is 99.5 Å². The molecule has 10 atom stereocenters. The molecule has 352 valence electrons. The largest absolute Gasteiger partial charge is 0.496 e. The number of carbonyl (C=O) groups is 4. The summed E-state index contributed by atoms with van der Waals surface area (Å²) in [6.45, 7) is 8.16. The zero-order valence-corrected chi connectivity index (χ0v) is 38.2. The van der Waals surface area contributed by atoms with E-state index in [9.17, 15) is 24.6 Å². The van der Waals surface area contributed by atoms with Gasteiger partial charge in [0, 0.05) is 78.2 Å². The van der Waals surface area contributed by atoms with Gasteiger partial charge in [0.25, 0.3) is 0 Å². The first-order valence-corrected chi connectivity index (χ1v) is 23.4. The summed E-state index contributed by atoms with van der Waals surface area (Å²) < 4.78 is 55.3. The maximum absolute atomic E-state index is 15.3. The van der Waals surface area contributed by atoms with Gasteiger partial charge in [-0.2, -0.15) is 8.42 Å². The summed E-state index contributed by atoms with van der Waals surface area (Å²) in [6.07, 6.45) is 5.83. The van der Waals surface area contributed by atoms with Gasteiger partial charge in [-0.1, -0.05) is 44.2 Å². The summed E-state index contributed by atoms with van der Waals surface area (Å²) in [5, 5.41) is 26.3. The Morgan fingerprint density at radius 1 is 0.954 bits per heavy atom. The van der Waals surface area contributed by atoms with Crippen LogP contribution in [0.15, 0.2) is 48.6 Å². The number of H-pyrrole nitrogens is 1. The molecule has 2 aromatic carbocycles. The van der Waals surface area contributed by atoms with E-state index >= 15 is 4.79 Å². The van der Waals surface area contributed by atoms with Crippen LogP contribution in [0.4, 0.5) is 5.69 Å². The first-order valence-electron chi connectivity index (χ1n) is 22.0. The average Bonchev–Trinajstić information content (AvgIpc) is 3.95. The maximum Gasteiger partial charge on any atom is 0.394 e. The Bertz CT molecular complexity index is 2560. The Hall–Kier alpha value is -4.89. The molecule has 19 heteroatoms. The van der Waals surface area contributed by atoms with Gasteiger partial charge in [-0.3, -0.25) is 33.3 Å². The van der Waals surface area contributed by atoms with Gasteiger partial charge in [0.05, 0.1) is 38.7 Å². The highest BCUT2D eigenvalue weighted by Crippen LogP contribution is 2.68. The van der Waals surface area contributed by atoms with E-state index in [1.54, 1.807) is 6.07 Å². The predicted octanol–water partition coefficient (Wildman–Crippen LogP) is 2.86. The number of para-hydroxylation sites is 1. The van der Waals surface area contributed by atoms with Crippen molar-refractivity contribution in [2.24, 2.45) is 11.3 Å². The van der Waals surface area contributed by atoms with E-state index in [-0.39, 0.29) is 12.3 Å². The number of aliphatic hydroxyl groups is 2. The third-order valence-corrected chi connectivity index (χ3v) is 15.5. The molecule has 5 N–H and O–H groups in total. The first kappa shape index (κ1) is 46.6. The number of carbonyl (C=O) groups excluding carboxylic acids is 4. The fourth-order valence-corrected chi connectivity index (χ4v) is 13.4. The smallest absolute Gasteiger partial charge is 0.394 e. The number of hydrogen-bond donors (Lipinski definition) is 5. The summed E-state index contributed by atoms with van der Waals surface area (Å²) >= 11 is 0. The van der Waals surface area contributed by atoms with Crippen LogP contribution in [0.1, 0.15) is 75.3 Å². The number of fused-ring (bicyclic) bond motifs is 6. The molecule has 2 saturated heterocycles. The predicted molar refractivity (Wildman–Crippen MR) is 235 cm³/mol. The molecule has 1 spiro atoms. The zero-order chi connectivity index (χ0) is 47.1. The number of anilines is 1. The normalized spacial score (nSPS) is 34.6. The SMILES string of the molecule is CC[C@]1(O)C[C@H]2CN(CCc3c([nH]c4ccccc34)[C@@](C(=O)OC)(c3cc4c(cc3OC)N(C=O)[C@H]3[C@@](O)(C(=O)OC)C(OC(C)=O)[C@]5(CC)C=CCN6CC[C@]43C65)C2)C1.O=S(=O)(O)O. The van der Waals surface area contributed by atoms with E-state index < -0.39 is 73.9 Å². The number of amides is 1. The van der Waals surface area contributed by atoms with Crippen molar-refractivity contribution < 1.29 is 65.9 Å². The number of piperidine rings is 1. The molecular weight excluding hydrogens is 865 g/mol. The second-order valence-corrected chi connectivity index (χ2v) is 19.4. The third-order valence-electron chi connectivity index (χ3n) is 15.5. The molecular formula is C46H58N4O14S. The molecule has 18 nitrogen and oxygen atoms in total. The minimum absolute atomic E-state index is 0.155. The summed E-state index contributed by atoms with van der Waals surface area (Å²) in [4.78, 5) is 66.1. The minimum Gasteiger partial charge on any atom is -0.496 e. The number of methoxy groups -OCH3 is 3. The lowest BCUT2D eigenvalue weighted by molar-refractivity contribution is -0.228. The molecule has 0 radical (unpaired) electrons. The second-order valence-electron chi connectivity index (χ2n) is 18.6. The molecule has 5 aliphatic heterocycles. The number of ether oxygens (including phenoxy) is 4. The monoisotopic (exact) mass is 922 g/mol. The summed E-state index contributed by atoms with van der Waals surface area (Å²) in [5.74, 6) is -2.06. The lowest BCUT2D eigenvalue weighted by Crippen LogP contribution is -2.81. The van der Waals surface area contributed by atoms with Crippen molar-refractivity contribution in [1.82, 2.24) is 14.8 Å². The Kier molecular flexibility index (Phi) is 11.8. The van der Waals surface area contributed by atoms with Gasteiger partial charge in [-0.15, -0.1) is 0 Å². The van der Waals surface area contributed by atoms with Crippen LogP contribution in [0.3, 0.4) is 0 Å². The molecule has 1 saturated carbocycles. The highest BCUT2D eigenvalue weighted by atomic mass is 32.3. The van der Waals surface area contributed by atoms with E-state index in [1.165, 1.54) is 33.2 Å². The molecule has 1 amide bonds. The number of aromatic amines is 1. The van der Waals surface area contributed by atoms with Crippen LogP contribution >= 0.6 is 0 Å². The number of rotatable bonds is 8. The van der Waals surface area contributed by atoms with Crippen LogP contribution in [-0.2, 0) is 61.0 Å². The van der Waals surface area contributed by atoms with Crippen LogP contribution in [0.25, 0.3) is 10.9 Å². The number of aromatic nitrogens is 1. The van der Waals surface area contributed by atoms with E-state index in [4.69, 9.17) is 36.5 Å². The number of nitrogens with one attached hydrogen (secondary N) is 1. The number of hydrogen-bond acceptors (Lipinski definition) is 14. The molecule has 9 rings (SSSR count). The van der Waals surface area contributed by atoms with Crippen LogP contribution in [-0.4, -0.2) is 150 Å². The van der Waals surface area contributed by atoms with Crippen LogP contribution in [0, 0.1) is 11.3 Å². The molecule has 3 aromatic rings. The highest BCUT2D eigenvalue weighted by Gasteiger charge is 2.81. The highest BCUT2D eigenvalue weighted by molar-refractivity contribution is 7.79. The molecule has 3 fully saturated rings. The molecule has 65 heavy (non-hydrogen) atoms. The molecule has 6 heterocycles.